The highest BCUT2D eigenvalue weighted by molar-refractivity contribution is 5.71. The molecule has 1 aliphatic rings. The minimum absolute atomic E-state index is 0.116. The summed E-state index contributed by atoms with van der Waals surface area (Å²) >= 11 is 0. The maximum atomic E-state index is 11.8. The fourth-order valence-corrected chi connectivity index (χ4v) is 1.72. The molecular weight excluding hydrogens is 202 g/mol. The molecule has 3 heteroatoms. The number of hydrogen-bond acceptors (Lipinski definition) is 2. The van der Waals surface area contributed by atoms with Crippen molar-refractivity contribution in [3.05, 3.63) is 42.5 Å². The van der Waals surface area contributed by atoms with Gasteiger partial charge >= 0.3 is 6.09 Å². The molecule has 0 aliphatic carbocycles. The molecule has 1 aromatic rings. The van der Waals surface area contributed by atoms with Crippen molar-refractivity contribution in [3.63, 3.8) is 0 Å². The standard InChI is InChI=1S/C13H15NO2/c1-11-7-5-6-10-14(11)13(15)16-12-8-3-2-4-9-12/h2-5,7-9,11H,6,10H2,1H3. The molecule has 2 rings (SSSR count). The topological polar surface area (TPSA) is 29.5 Å². The van der Waals surface area contributed by atoms with E-state index in [1.165, 1.54) is 0 Å². The third-order valence-electron chi connectivity index (χ3n) is 2.63. The van der Waals surface area contributed by atoms with E-state index in [1.807, 2.05) is 31.2 Å². The molecule has 1 atom stereocenters. The highest BCUT2D eigenvalue weighted by Crippen LogP contribution is 2.14. The van der Waals surface area contributed by atoms with E-state index < -0.39 is 0 Å². The SMILES string of the molecule is CC1C=CCCN1C(=O)Oc1ccccc1. The predicted octanol–water partition coefficient (Wildman–Crippen LogP) is 2.84. The Labute approximate surface area is 95.3 Å². The van der Waals surface area contributed by atoms with Crippen molar-refractivity contribution in [2.75, 3.05) is 6.54 Å². The Hall–Kier alpha value is -1.77. The van der Waals surface area contributed by atoms with Gasteiger partial charge in [-0.3, -0.25) is 0 Å². The van der Waals surface area contributed by atoms with Crippen LogP contribution in [0.15, 0.2) is 42.5 Å². The van der Waals surface area contributed by atoms with Gasteiger partial charge in [0, 0.05) is 6.54 Å². The summed E-state index contributed by atoms with van der Waals surface area (Å²) in [4.78, 5) is 13.6. The van der Waals surface area contributed by atoms with Gasteiger partial charge in [0.05, 0.1) is 6.04 Å². The number of amides is 1. The molecule has 3 nitrogen and oxygen atoms in total. The molecule has 1 aliphatic heterocycles. The Bertz CT molecular complexity index is 386. The maximum absolute atomic E-state index is 11.8. The average Bonchev–Trinajstić information content (AvgIpc) is 2.31. The van der Waals surface area contributed by atoms with Crippen molar-refractivity contribution < 1.29 is 9.53 Å². The summed E-state index contributed by atoms with van der Waals surface area (Å²) in [6, 6.07) is 9.27. The molecule has 16 heavy (non-hydrogen) atoms. The van der Waals surface area contributed by atoms with Crippen molar-refractivity contribution >= 4 is 6.09 Å². The number of carbonyl (C=O) groups excluding carboxylic acids is 1. The first-order chi connectivity index (χ1) is 7.77. The van der Waals surface area contributed by atoms with E-state index in [0.717, 1.165) is 13.0 Å². The van der Waals surface area contributed by atoms with Crippen molar-refractivity contribution in [1.29, 1.82) is 0 Å². The first kappa shape index (κ1) is 10.7. The summed E-state index contributed by atoms with van der Waals surface area (Å²) < 4.78 is 5.28. The van der Waals surface area contributed by atoms with Crippen LogP contribution in [0.1, 0.15) is 13.3 Å². The monoisotopic (exact) mass is 217 g/mol. The maximum Gasteiger partial charge on any atom is 0.415 e. The predicted molar refractivity (Wildman–Crippen MR) is 62.4 cm³/mol. The van der Waals surface area contributed by atoms with Crippen LogP contribution in [0.2, 0.25) is 0 Å². The highest BCUT2D eigenvalue weighted by atomic mass is 16.6. The van der Waals surface area contributed by atoms with Crippen LogP contribution in [0.25, 0.3) is 0 Å². The molecule has 0 saturated heterocycles. The van der Waals surface area contributed by atoms with E-state index in [4.69, 9.17) is 4.74 Å². The van der Waals surface area contributed by atoms with Crippen molar-refractivity contribution in [2.45, 2.75) is 19.4 Å². The van der Waals surface area contributed by atoms with Gasteiger partial charge in [-0.25, -0.2) is 4.79 Å². The lowest BCUT2D eigenvalue weighted by Gasteiger charge is -2.28. The molecule has 0 saturated carbocycles. The molecule has 0 N–H and O–H groups in total. The number of carbonyl (C=O) groups is 1. The molecule has 0 radical (unpaired) electrons. The molecule has 84 valence electrons. The number of ether oxygens (including phenoxy) is 1. The van der Waals surface area contributed by atoms with Gasteiger partial charge < -0.3 is 9.64 Å². The summed E-state index contributed by atoms with van der Waals surface area (Å²) in [6.45, 7) is 2.71. The minimum Gasteiger partial charge on any atom is -0.410 e. The van der Waals surface area contributed by atoms with Gasteiger partial charge in [-0.1, -0.05) is 30.4 Å². The van der Waals surface area contributed by atoms with Crippen molar-refractivity contribution in [1.82, 2.24) is 4.90 Å². The van der Waals surface area contributed by atoms with Crippen LogP contribution in [-0.2, 0) is 0 Å². The van der Waals surface area contributed by atoms with Crippen LogP contribution >= 0.6 is 0 Å². The van der Waals surface area contributed by atoms with E-state index in [9.17, 15) is 4.79 Å². The Morgan fingerprint density at radius 3 is 2.81 bits per heavy atom. The van der Waals surface area contributed by atoms with E-state index in [1.54, 1.807) is 17.0 Å². The van der Waals surface area contributed by atoms with Crippen LogP contribution in [0, 0.1) is 0 Å². The molecule has 1 heterocycles. The van der Waals surface area contributed by atoms with E-state index in [-0.39, 0.29) is 12.1 Å². The van der Waals surface area contributed by atoms with Crippen molar-refractivity contribution in [2.24, 2.45) is 0 Å². The molecule has 0 spiro atoms. The van der Waals surface area contributed by atoms with Gasteiger partial charge in [-0.2, -0.15) is 0 Å². The molecule has 0 fully saturated rings. The Morgan fingerprint density at radius 2 is 2.12 bits per heavy atom. The first-order valence-electron chi connectivity index (χ1n) is 5.47. The van der Waals surface area contributed by atoms with E-state index >= 15 is 0 Å². The number of benzene rings is 1. The molecule has 1 aromatic carbocycles. The second-order valence-corrected chi connectivity index (χ2v) is 3.83. The second kappa shape index (κ2) is 4.84. The fraction of sp³-hybridized carbons (Fsp3) is 0.308. The lowest BCUT2D eigenvalue weighted by atomic mass is 10.1. The van der Waals surface area contributed by atoms with Crippen LogP contribution < -0.4 is 4.74 Å². The highest BCUT2D eigenvalue weighted by Gasteiger charge is 2.21. The average molecular weight is 217 g/mol. The first-order valence-corrected chi connectivity index (χ1v) is 5.47. The number of rotatable bonds is 1. The summed E-state index contributed by atoms with van der Waals surface area (Å²) in [5, 5.41) is 0. The lowest BCUT2D eigenvalue weighted by molar-refractivity contribution is 0.142. The molecule has 1 amide bonds. The molecule has 0 bridgehead atoms. The zero-order chi connectivity index (χ0) is 11.4. The van der Waals surface area contributed by atoms with Crippen molar-refractivity contribution in [3.8, 4) is 5.75 Å². The van der Waals surface area contributed by atoms with Gasteiger partial charge in [0.1, 0.15) is 5.75 Å². The second-order valence-electron chi connectivity index (χ2n) is 3.83. The van der Waals surface area contributed by atoms with Crippen LogP contribution in [0.5, 0.6) is 5.75 Å². The molecule has 0 aromatic heterocycles. The molecule has 1 unspecified atom stereocenters. The largest absolute Gasteiger partial charge is 0.415 e. The lowest BCUT2D eigenvalue weighted by Crippen LogP contribution is -2.41. The van der Waals surface area contributed by atoms with Gasteiger partial charge in [0.15, 0.2) is 0 Å². The summed E-state index contributed by atoms with van der Waals surface area (Å²) in [5.41, 5.74) is 0. The summed E-state index contributed by atoms with van der Waals surface area (Å²) in [5.74, 6) is 0.592. The van der Waals surface area contributed by atoms with Crippen LogP contribution in [0.3, 0.4) is 0 Å². The zero-order valence-electron chi connectivity index (χ0n) is 9.30. The van der Waals surface area contributed by atoms with Gasteiger partial charge in [-0.05, 0) is 25.5 Å². The fourth-order valence-electron chi connectivity index (χ4n) is 1.72. The number of para-hydroxylation sites is 1. The third-order valence-corrected chi connectivity index (χ3v) is 2.63. The smallest absolute Gasteiger partial charge is 0.410 e. The number of hydrogen-bond donors (Lipinski definition) is 0. The summed E-state index contributed by atoms with van der Waals surface area (Å²) in [6.07, 6.45) is 4.74. The van der Waals surface area contributed by atoms with Crippen LogP contribution in [0.4, 0.5) is 4.79 Å². The van der Waals surface area contributed by atoms with E-state index in [2.05, 4.69) is 6.08 Å². The Balaban J connectivity index is 2.01. The Kier molecular flexibility index (Phi) is 3.25. The quantitative estimate of drug-likeness (QED) is 0.677. The normalized spacial score (nSPS) is 19.6. The zero-order valence-corrected chi connectivity index (χ0v) is 9.30. The van der Waals surface area contributed by atoms with Gasteiger partial charge in [0.25, 0.3) is 0 Å². The van der Waals surface area contributed by atoms with Crippen LogP contribution in [-0.4, -0.2) is 23.6 Å². The van der Waals surface area contributed by atoms with E-state index in [0.29, 0.717) is 5.75 Å². The van der Waals surface area contributed by atoms with Gasteiger partial charge in [0.2, 0.25) is 0 Å². The minimum atomic E-state index is -0.275. The third kappa shape index (κ3) is 2.42. The Morgan fingerprint density at radius 1 is 1.38 bits per heavy atom. The number of nitrogens with zero attached hydrogens (tertiary/aromatic N) is 1. The molecular formula is C13H15NO2. The summed E-state index contributed by atoms with van der Waals surface area (Å²) in [7, 11) is 0. The van der Waals surface area contributed by atoms with Gasteiger partial charge in [-0.15, -0.1) is 0 Å².